The van der Waals surface area contributed by atoms with Crippen molar-refractivity contribution < 1.29 is 78.8 Å². The summed E-state index contributed by atoms with van der Waals surface area (Å²) in [5, 5.41) is 12.7. The molecule has 2 saturated heterocycles. The summed E-state index contributed by atoms with van der Waals surface area (Å²) in [6.07, 6.45) is 5.62. The van der Waals surface area contributed by atoms with Crippen LogP contribution in [0.4, 0.5) is 4.79 Å². The molecule has 6 fully saturated rings. The van der Waals surface area contributed by atoms with Crippen LogP contribution >= 0.6 is 24.8 Å². The lowest BCUT2D eigenvalue weighted by Crippen LogP contribution is -2.61. The maximum atomic E-state index is 14.3. The molecule has 28 nitrogen and oxygen atoms in total. The van der Waals surface area contributed by atoms with Crippen LogP contribution in [0.1, 0.15) is 86.0 Å². The third-order valence-electron chi connectivity index (χ3n) is 17.7. The molecule has 0 spiro atoms. The Hall–Kier alpha value is -7.61. The Kier molecular flexibility index (Phi) is 23.5. The van der Waals surface area contributed by atoms with Crippen molar-refractivity contribution in [3.63, 3.8) is 0 Å². The molecule has 4 saturated carbocycles. The van der Waals surface area contributed by atoms with E-state index in [-0.39, 0.29) is 69.5 Å². The number of nitrogens with zero attached hydrogens (tertiary/aromatic N) is 4. The first kappa shape index (κ1) is 74.8. The monoisotopic (exact) mass is 1400 g/mol. The highest BCUT2D eigenvalue weighted by Crippen LogP contribution is 2.47. The zero-order valence-corrected chi connectivity index (χ0v) is 57.5. The van der Waals surface area contributed by atoms with Crippen molar-refractivity contribution in [3.05, 3.63) is 86.2 Å². The topological polar surface area (TPSA) is 374 Å². The molecule has 520 valence electrons. The van der Waals surface area contributed by atoms with Gasteiger partial charge >= 0.3 is 6.03 Å². The van der Waals surface area contributed by atoms with Crippen molar-refractivity contribution in [2.24, 2.45) is 17.6 Å². The van der Waals surface area contributed by atoms with E-state index in [0.29, 0.717) is 48.4 Å². The lowest BCUT2D eigenvalue weighted by molar-refractivity contribution is -0.143. The van der Waals surface area contributed by atoms with Crippen LogP contribution in [0.15, 0.2) is 86.2 Å². The number of rotatable bonds is 25. The van der Waals surface area contributed by atoms with Crippen molar-refractivity contribution >= 4 is 108 Å². The van der Waals surface area contributed by atoms with Gasteiger partial charge < -0.3 is 65.2 Å². The molecule has 10 rings (SSSR count). The summed E-state index contributed by atoms with van der Waals surface area (Å²) >= 11 is 0. The molecule has 95 heavy (non-hydrogen) atoms. The average Bonchev–Trinajstić information content (AvgIpc) is 1.58. The number of nitrogens with one attached hydrogen (secondary N) is 6. The average molecular weight is 1400 g/mol. The minimum Gasteiger partial charge on any atom is -0.497 e. The van der Waals surface area contributed by atoms with Gasteiger partial charge in [-0.3, -0.25) is 38.2 Å². The number of halogens is 2. The SMILES string of the molecule is C=C[C@@H]1C[C@]1(NC(=O)[C@@H]1C[C@@H](Oc2nccc3cc(OC)ccc23)CN1C(=O)[C@@H](N)[C@H](C)OC)C(=O)NS(=O)(=O)C1CC1.C=C[C@@H]1C[C@]1(NC(=O)[C@@H]1C[C@@H](Oc2nccc3cc(OC)ccc23)CN1C(=O)[C@@H](NC(=O)NC(C)(C)C)[C@H](C)OC)C(=O)NS(=O)(=O)C1CC1.Cl.Cl. The number of sulfonamides is 2. The number of benzene rings is 2. The normalized spacial score (nSPS) is 24.8. The second kappa shape index (κ2) is 29.8. The number of aromatic nitrogens is 2. The smallest absolute Gasteiger partial charge is 0.315 e. The summed E-state index contributed by atoms with van der Waals surface area (Å²) in [7, 11) is -1.78. The van der Waals surface area contributed by atoms with Gasteiger partial charge in [0.05, 0.1) is 50.0 Å². The first-order valence-electron chi connectivity index (χ1n) is 30.7. The molecule has 8 amide bonds. The largest absolute Gasteiger partial charge is 0.497 e. The summed E-state index contributed by atoms with van der Waals surface area (Å²) in [4.78, 5) is 107. The fraction of sp³-hybridized carbons (Fsp3) is 0.540. The van der Waals surface area contributed by atoms with Crippen LogP contribution in [-0.4, -0.2) is 195 Å². The van der Waals surface area contributed by atoms with Crippen molar-refractivity contribution in [2.45, 2.75) is 162 Å². The van der Waals surface area contributed by atoms with E-state index in [1.54, 1.807) is 85.5 Å². The van der Waals surface area contributed by atoms with E-state index in [1.165, 1.54) is 36.2 Å². The predicted molar refractivity (Wildman–Crippen MR) is 355 cm³/mol. The van der Waals surface area contributed by atoms with Crippen LogP contribution in [0, 0.1) is 11.8 Å². The quantitative estimate of drug-likeness (QED) is 0.0468. The van der Waals surface area contributed by atoms with Gasteiger partial charge in [-0.2, -0.15) is 0 Å². The van der Waals surface area contributed by atoms with Crippen LogP contribution in [0.5, 0.6) is 23.3 Å². The van der Waals surface area contributed by atoms with Gasteiger partial charge in [0.1, 0.15) is 59.0 Å². The third-order valence-corrected chi connectivity index (χ3v) is 21.3. The molecule has 4 heterocycles. The van der Waals surface area contributed by atoms with Crippen molar-refractivity contribution in [1.29, 1.82) is 0 Å². The molecule has 4 aliphatic carbocycles. The van der Waals surface area contributed by atoms with E-state index in [0.717, 1.165) is 16.2 Å². The van der Waals surface area contributed by atoms with E-state index in [1.807, 2.05) is 24.3 Å². The summed E-state index contributed by atoms with van der Waals surface area (Å²) in [5.41, 5.74) is 2.53. The first-order valence-corrected chi connectivity index (χ1v) is 33.8. The highest BCUT2D eigenvalue weighted by Gasteiger charge is 2.63. The van der Waals surface area contributed by atoms with Gasteiger partial charge in [-0.05, 0) is 132 Å². The number of hydrogen-bond acceptors (Lipinski definition) is 20. The summed E-state index contributed by atoms with van der Waals surface area (Å²) in [6.45, 7) is 16.1. The molecular formula is C63H85Cl2N11O17S2. The van der Waals surface area contributed by atoms with Crippen LogP contribution in [0.3, 0.4) is 0 Å². The van der Waals surface area contributed by atoms with Crippen molar-refractivity contribution in [3.8, 4) is 23.3 Å². The molecule has 2 aliphatic heterocycles. The van der Waals surface area contributed by atoms with Gasteiger partial charge in [0.15, 0.2) is 0 Å². The third kappa shape index (κ3) is 16.8. The van der Waals surface area contributed by atoms with Crippen LogP contribution in [0.2, 0.25) is 0 Å². The maximum absolute atomic E-state index is 14.3. The van der Waals surface area contributed by atoms with Gasteiger partial charge in [-0.15, -0.1) is 38.0 Å². The van der Waals surface area contributed by atoms with Crippen LogP contribution in [0.25, 0.3) is 21.5 Å². The van der Waals surface area contributed by atoms with Crippen molar-refractivity contribution in [1.82, 2.24) is 50.5 Å². The number of ether oxygens (including phenoxy) is 6. The minimum atomic E-state index is -3.90. The summed E-state index contributed by atoms with van der Waals surface area (Å²) in [5.74, 6) is -3.22. The number of amides is 8. The number of hydrogen-bond donors (Lipinski definition) is 7. The minimum absolute atomic E-state index is 0. The van der Waals surface area contributed by atoms with E-state index < -0.39 is 149 Å². The Bertz CT molecular complexity index is 3820. The molecule has 0 unspecified atom stereocenters. The van der Waals surface area contributed by atoms with Gasteiger partial charge in [0.2, 0.25) is 55.4 Å². The summed E-state index contributed by atoms with van der Waals surface area (Å²) in [6, 6.07) is 9.34. The molecule has 0 radical (unpaired) electrons. The molecule has 6 aliphatic rings. The second-order valence-electron chi connectivity index (χ2n) is 25.5. The number of nitrogens with two attached hydrogens (primary N) is 1. The zero-order valence-electron chi connectivity index (χ0n) is 54.3. The number of fused-ring (bicyclic) bond motifs is 2. The highest BCUT2D eigenvalue weighted by atomic mass is 35.5. The van der Waals surface area contributed by atoms with E-state index in [2.05, 4.69) is 53.8 Å². The summed E-state index contributed by atoms with van der Waals surface area (Å²) < 4.78 is 88.5. The Labute approximate surface area is 564 Å². The van der Waals surface area contributed by atoms with Crippen LogP contribution in [-0.2, 0) is 58.3 Å². The Morgan fingerprint density at radius 2 is 1.05 bits per heavy atom. The lowest BCUT2D eigenvalue weighted by atomic mass is 10.1. The standard InChI is InChI=1S/C34H46N6O9S.C29H37N5O8S.2ClH/c1-8-21-17-34(21,31(43)39-50(45,46)24-10-11-24)37-28(41)26-16-23(49-29-25-12-9-22(48-7)15-20(25)13-14-35-29)18-40(26)30(42)27(19(2)47-6)36-32(44)38-33(3,4)5;1-5-18-14-29(18,28(37)33-43(38,39)21-7-8-21)32-25(35)23-13-20(15-34(23)27(36)24(30)16(2)40-3)42-26-22-9-6-19(41-4)12-17(22)10-11-31-26;;/h8-9,12-15,19,21,23-24,26-27H,1,10-11,16-18H2,2-7H3,(H,37,41)(H,39,43)(H2,36,38,44);5-6,9-12,16,18,20-21,23-24H,1,7-8,13-15,30H2,2-4H3,(H,32,35)(H,33,37);2*1H/t19-,21+,23+,26-,27-,34+;16-,18+,20+,23-,24-,29+;;/m00../s1. The van der Waals surface area contributed by atoms with E-state index >= 15 is 0 Å². The Morgan fingerprint density at radius 3 is 1.41 bits per heavy atom. The lowest BCUT2D eigenvalue weighted by Gasteiger charge is -2.32. The first-order chi connectivity index (χ1) is 43.9. The fourth-order valence-corrected chi connectivity index (χ4v) is 14.3. The Morgan fingerprint density at radius 1 is 0.642 bits per heavy atom. The molecule has 4 aromatic rings. The van der Waals surface area contributed by atoms with E-state index in [9.17, 15) is 50.4 Å². The Balaban J connectivity index is 0.000000266. The number of carbonyl (C=O) groups excluding carboxylic acids is 7. The molecule has 2 aromatic carbocycles. The van der Waals surface area contributed by atoms with Crippen molar-refractivity contribution in [2.75, 3.05) is 41.5 Å². The molecule has 0 bridgehead atoms. The van der Waals surface area contributed by atoms with E-state index in [4.69, 9.17) is 34.2 Å². The molecule has 2 aromatic heterocycles. The van der Waals surface area contributed by atoms with Crippen LogP contribution < -0.4 is 55.4 Å². The van der Waals surface area contributed by atoms with Gasteiger partial charge in [-0.1, -0.05) is 12.2 Å². The molecular weight excluding hydrogens is 1320 g/mol. The molecule has 8 N–H and O–H groups in total. The van der Waals surface area contributed by atoms with Gasteiger partial charge in [-0.25, -0.2) is 31.6 Å². The maximum Gasteiger partial charge on any atom is 0.315 e. The van der Waals surface area contributed by atoms with Gasteiger partial charge in [0, 0.05) is 67.6 Å². The number of carbonyl (C=O) groups is 7. The number of likely N-dealkylation sites (tertiary alicyclic amines) is 2. The number of methoxy groups -OCH3 is 4. The molecule has 32 heteroatoms. The predicted octanol–water partition coefficient (Wildman–Crippen LogP) is 3.23. The fourth-order valence-electron chi connectivity index (χ4n) is 11.6. The highest BCUT2D eigenvalue weighted by molar-refractivity contribution is 7.91. The number of pyridine rings is 2. The van der Waals surface area contributed by atoms with Gasteiger partial charge in [0.25, 0.3) is 11.8 Å². The second-order valence-corrected chi connectivity index (χ2v) is 29.4. The number of urea groups is 1. The zero-order chi connectivity index (χ0) is 67.7. The molecule has 12 atom stereocenters.